The van der Waals surface area contributed by atoms with Crippen molar-refractivity contribution >= 4 is 39.8 Å². The molecule has 1 aromatic carbocycles. The van der Waals surface area contributed by atoms with E-state index in [-0.39, 0.29) is 11.9 Å². The second kappa shape index (κ2) is 8.97. The molecule has 0 bridgehead atoms. The normalized spacial score (nSPS) is 11.8. The van der Waals surface area contributed by atoms with Crippen LogP contribution in [0.15, 0.2) is 48.7 Å². The van der Waals surface area contributed by atoms with Gasteiger partial charge in [0, 0.05) is 12.2 Å². The molecule has 2 N–H and O–H groups in total. The molecule has 0 aliphatic rings. The first kappa shape index (κ1) is 19.3. The van der Waals surface area contributed by atoms with Crippen LogP contribution in [-0.2, 0) is 6.42 Å². The number of aromatic nitrogens is 2. The van der Waals surface area contributed by atoms with Crippen LogP contribution in [0, 0.1) is 6.92 Å². The number of anilines is 2. The fourth-order valence-electron chi connectivity index (χ4n) is 2.61. The Balaban J connectivity index is 1.57. The Labute approximate surface area is 167 Å². The van der Waals surface area contributed by atoms with Gasteiger partial charge in [0.2, 0.25) is 0 Å². The SMILES string of the molecule is Cc1nc(Nc2ccc(Cl)cn2)sc1C(=O)N[C@@H](C)CCc1ccccc1. The summed E-state index contributed by atoms with van der Waals surface area (Å²) in [5.41, 5.74) is 1.97. The van der Waals surface area contributed by atoms with E-state index < -0.39 is 0 Å². The molecule has 1 atom stereocenters. The van der Waals surface area contributed by atoms with Crippen molar-refractivity contribution in [3.63, 3.8) is 0 Å². The Kier molecular flexibility index (Phi) is 6.42. The predicted octanol–water partition coefficient (Wildman–Crippen LogP) is 4.99. The Bertz CT molecular complexity index is 896. The van der Waals surface area contributed by atoms with Gasteiger partial charge in [-0.05, 0) is 44.4 Å². The fraction of sp³-hybridized carbons (Fsp3) is 0.250. The van der Waals surface area contributed by atoms with Gasteiger partial charge in [-0.1, -0.05) is 53.3 Å². The summed E-state index contributed by atoms with van der Waals surface area (Å²) in [4.78, 5) is 21.8. The number of pyridine rings is 1. The van der Waals surface area contributed by atoms with Crippen LogP contribution < -0.4 is 10.6 Å². The number of hydrogen-bond donors (Lipinski definition) is 2. The van der Waals surface area contributed by atoms with Crippen molar-refractivity contribution in [1.82, 2.24) is 15.3 Å². The van der Waals surface area contributed by atoms with Crippen LogP contribution in [-0.4, -0.2) is 21.9 Å². The zero-order valence-corrected chi connectivity index (χ0v) is 16.8. The van der Waals surface area contributed by atoms with E-state index in [1.807, 2.05) is 32.0 Å². The van der Waals surface area contributed by atoms with E-state index in [1.54, 1.807) is 18.3 Å². The number of nitrogens with one attached hydrogen (secondary N) is 2. The highest BCUT2D eigenvalue weighted by atomic mass is 35.5. The van der Waals surface area contributed by atoms with Crippen LogP contribution in [0.5, 0.6) is 0 Å². The van der Waals surface area contributed by atoms with E-state index in [9.17, 15) is 4.79 Å². The zero-order valence-electron chi connectivity index (χ0n) is 15.2. The molecule has 2 aromatic heterocycles. The number of aryl methyl sites for hydroxylation is 2. The van der Waals surface area contributed by atoms with Crippen molar-refractivity contribution in [2.45, 2.75) is 32.7 Å². The van der Waals surface area contributed by atoms with Crippen LogP contribution in [0.2, 0.25) is 5.02 Å². The van der Waals surface area contributed by atoms with Gasteiger partial charge >= 0.3 is 0 Å². The van der Waals surface area contributed by atoms with E-state index in [1.165, 1.54) is 16.9 Å². The average molecular weight is 401 g/mol. The van der Waals surface area contributed by atoms with Crippen LogP contribution in [0.4, 0.5) is 10.9 Å². The molecule has 0 aliphatic heterocycles. The van der Waals surface area contributed by atoms with Gasteiger partial charge in [-0.2, -0.15) is 0 Å². The topological polar surface area (TPSA) is 66.9 Å². The second-order valence-corrected chi connectivity index (χ2v) is 7.75. The number of nitrogens with zero attached hydrogens (tertiary/aromatic N) is 2. The van der Waals surface area contributed by atoms with Crippen LogP contribution in [0.25, 0.3) is 0 Å². The molecule has 27 heavy (non-hydrogen) atoms. The van der Waals surface area contributed by atoms with Gasteiger partial charge in [-0.3, -0.25) is 4.79 Å². The third kappa shape index (κ3) is 5.52. The number of carbonyl (C=O) groups excluding carboxylic acids is 1. The summed E-state index contributed by atoms with van der Waals surface area (Å²) in [6.45, 7) is 3.86. The van der Waals surface area contributed by atoms with E-state index in [2.05, 4.69) is 32.7 Å². The molecule has 3 rings (SSSR count). The number of rotatable bonds is 7. The first-order chi connectivity index (χ1) is 13.0. The molecule has 0 saturated carbocycles. The number of thiazole rings is 1. The summed E-state index contributed by atoms with van der Waals surface area (Å²) in [6, 6.07) is 13.9. The van der Waals surface area contributed by atoms with Crippen molar-refractivity contribution in [2.24, 2.45) is 0 Å². The van der Waals surface area contributed by atoms with Crippen molar-refractivity contribution in [2.75, 3.05) is 5.32 Å². The predicted molar refractivity (Wildman–Crippen MR) is 111 cm³/mol. The summed E-state index contributed by atoms with van der Waals surface area (Å²) in [5, 5.41) is 7.37. The van der Waals surface area contributed by atoms with E-state index in [0.29, 0.717) is 26.5 Å². The monoisotopic (exact) mass is 400 g/mol. The van der Waals surface area contributed by atoms with Crippen molar-refractivity contribution in [1.29, 1.82) is 0 Å². The smallest absolute Gasteiger partial charge is 0.263 e. The molecule has 0 radical (unpaired) electrons. The quantitative estimate of drug-likeness (QED) is 0.586. The lowest BCUT2D eigenvalue weighted by Crippen LogP contribution is -2.32. The van der Waals surface area contributed by atoms with Crippen molar-refractivity contribution in [3.05, 3.63) is 69.8 Å². The van der Waals surface area contributed by atoms with Gasteiger partial charge in [-0.25, -0.2) is 9.97 Å². The lowest BCUT2D eigenvalue weighted by atomic mass is 10.1. The number of benzene rings is 1. The lowest BCUT2D eigenvalue weighted by molar-refractivity contribution is 0.0942. The molecular weight excluding hydrogens is 380 g/mol. The minimum absolute atomic E-state index is 0.0774. The van der Waals surface area contributed by atoms with Crippen LogP contribution in [0.1, 0.15) is 34.3 Å². The highest BCUT2D eigenvalue weighted by Gasteiger charge is 2.17. The third-order valence-corrected chi connectivity index (χ3v) is 5.35. The zero-order chi connectivity index (χ0) is 19.2. The summed E-state index contributed by atoms with van der Waals surface area (Å²) >= 11 is 7.16. The maximum Gasteiger partial charge on any atom is 0.263 e. The first-order valence-electron chi connectivity index (χ1n) is 8.72. The Morgan fingerprint density at radius 3 is 2.70 bits per heavy atom. The molecular formula is C20H21ClN4OS. The van der Waals surface area contributed by atoms with Gasteiger partial charge in [0.15, 0.2) is 5.13 Å². The van der Waals surface area contributed by atoms with E-state index >= 15 is 0 Å². The summed E-state index contributed by atoms with van der Waals surface area (Å²) < 4.78 is 0. The van der Waals surface area contributed by atoms with Crippen LogP contribution >= 0.6 is 22.9 Å². The van der Waals surface area contributed by atoms with Gasteiger partial charge in [0.1, 0.15) is 10.7 Å². The van der Waals surface area contributed by atoms with Gasteiger partial charge in [0.25, 0.3) is 5.91 Å². The Morgan fingerprint density at radius 2 is 2.00 bits per heavy atom. The summed E-state index contributed by atoms with van der Waals surface area (Å²) in [7, 11) is 0. The number of halogens is 1. The maximum atomic E-state index is 12.6. The number of amides is 1. The van der Waals surface area contributed by atoms with E-state index in [0.717, 1.165) is 12.8 Å². The molecule has 0 fully saturated rings. The molecule has 0 aliphatic carbocycles. The summed E-state index contributed by atoms with van der Waals surface area (Å²) in [5.74, 6) is 0.541. The maximum absolute atomic E-state index is 12.6. The second-order valence-electron chi connectivity index (χ2n) is 6.32. The molecule has 5 nitrogen and oxygen atoms in total. The molecule has 7 heteroatoms. The molecule has 3 aromatic rings. The minimum atomic E-state index is -0.0947. The molecule has 1 amide bonds. The molecule has 140 valence electrons. The first-order valence-corrected chi connectivity index (χ1v) is 9.91. The largest absolute Gasteiger partial charge is 0.349 e. The highest BCUT2D eigenvalue weighted by molar-refractivity contribution is 7.17. The molecule has 0 unspecified atom stereocenters. The fourth-order valence-corrected chi connectivity index (χ4v) is 3.60. The molecule has 0 saturated heterocycles. The van der Waals surface area contributed by atoms with Gasteiger partial charge in [-0.15, -0.1) is 0 Å². The van der Waals surface area contributed by atoms with Gasteiger partial charge in [0.05, 0.1) is 10.7 Å². The van der Waals surface area contributed by atoms with Crippen molar-refractivity contribution in [3.8, 4) is 0 Å². The average Bonchev–Trinajstić information content (AvgIpc) is 3.03. The van der Waals surface area contributed by atoms with Crippen molar-refractivity contribution < 1.29 is 4.79 Å². The Hall–Kier alpha value is -2.44. The molecule has 2 heterocycles. The number of carbonyl (C=O) groups is 1. The van der Waals surface area contributed by atoms with E-state index in [4.69, 9.17) is 11.6 Å². The summed E-state index contributed by atoms with van der Waals surface area (Å²) in [6.07, 6.45) is 3.37. The highest BCUT2D eigenvalue weighted by Crippen LogP contribution is 2.25. The van der Waals surface area contributed by atoms with Crippen LogP contribution in [0.3, 0.4) is 0 Å². The minimum Gasteiger partial charge on any atom is -0.349 e. The Morgan fingerprint density at radius 1 is 1.22 bits per heavy atom. The van der Waals surface area contributed by atoms with Gasteiger partial charge < -0.3 is 10.6 Å². The third-order valence-electron chi connectivity index (χ3n) is 4.05. The molecule has 0 spiro atoms. The number of hydrogen-bond acceptors (Lipinski definition) is 5. The lowest BCUT2D eigenvalue weighted by Gasteiger charge is -2.13. The standard InChI is InChI=1S/C20H21ClN4OS/c1-13(8-9-15-6-4-3-5-7-15)23-19(26)18-14(2)24-20(27-18)25-17-11-10-16(21)12-22-17/h3-7,10-13H,8-9H2,1-2H3,(H,23,26)(H,22,24,25)/t13-/m0/s1.